The van der Waals surface area contributed by atoms with E-state index in [9.17, 15) is 9.18 Å². The van der Waals surface area contributed by atoms with Crippen molar-refractivity contribution < 1.29 is 9.18 Å². The molecule has 1 aliphatic heterocycles. The topological polar surface area (TPSA) is 79.8 Å². The Morgan fingerprint density at radius 2 is 2.10 bits per heavy atom. The maximum Gasteiger partial charge on any atom is 0.263 e. The molecule has 0 bridgehead atoms. The van der Waals surface area contributed by atoms with Gasteiger partial charge in [-0.3, -0.25) is 4.79 Å². The van der Waals surface area contributed by atoms with Gasteiger partial charge in [0.15, 0.2) is 11.6 Å². The summed E-state index contributed by atoms with van der Waals surface area (Å²) in [6.07, 6.45) is 1.14. The predicted molar refractivity (Wildman–Crippen MR) is 118 cm³/mol. The highest BCUT2D eigenvalue weighted by Crippen LogP contribution is 2.41. The summed E-state index contributed by atoms with van der Waals surface area (Å²) in [6, 6.07) is 7.52. The molecule has 1 aliphatic rings. The minimum absolute atomic E-state index is 0.0371. The molecule has 150 valence electrons. The number of halogens is 1. The van der Waals surface area contributed by atoms with E-state index in [-0.39, 0.29) is 17.6 Å². The number of fused-ring (bicyclic) bond motifs is 5. The van der Waals surface area contributed by atoms with Gasteiger partial charge < -0.3 is 10.6 Å². The summed E-state index contributed by atoms with van der Waals surface area (Å²) in [6.45, 7) is 8.20. The fourth-order valence-corrected chi connectivity index (χ4v) is 4.71. The third kappa shape index (κ3) is 2.91. The van der Waals surface area contributed by atoms with E-state index >= 15 is 0 Å². The second-order valence-electron chi connectivity index (χ2n) is 7.43. The van der Waals surface area contributed by atoms with Crippen LogP contribution in [0.3, 0.4) is 0 Å². The lowest BCUT2D eigenvalue weighted by Crippen LogP contribution is -2.34. The highest BCUT2D eigenvalue weighted by atomic mass is 32.1. The van der Waals surface area contributed by atoms with Gasteiger partial charge in [0.2, 0.25) is 0 Å². The Morgan fingerprint density at radius 1 is 1.27 bits per heavy atom. The number of carbonyl (C=O) groups is 1. The summed E-state index contributed by atoms with van der Waals surface area (Å²) in [7, 11) is 0. The molecule has 2 N–H and O–H groups in total. The molecule has 4 aromatic rings. The average molecular weight is 419 g/mol. The Bertz CT molecular complexity index is 1360. The molecular formula is C22H18FN5OS. The monoisotopic (exact) mass is 419 g/mol. The Balaban J connectivity index is 1.71. The van der Waals surface area contributed by atoms with Crippen molar-refractivity contribution in [2.24, 2.45) is 0 Å². The maximum atomic E-state index is 14.4. The molecule has 0 spiro atoms. The number of thiophene rings is 1. The molecule has 0 unspecified atom stereocenters. The van der Waals surface area contributed by atoms with Crippen LogP contribution in [0, 0.1) is 5.82 Å². The van der Waals surface area contributed by atoms with Crippen molar-refractivity contribution in [3.8, 4) is 11.4 Å². The first-order valence-corrected chi connectivity index (χ1v) is 10.3. The first-order chi connectivity index (χ1) is 14.4. The number of rotatable bonds is 2. The van der Waals surface area contributed by atoms with E-state index in [0.717, 1.165) is 27.4 Å². The number of amides is 1. The van der Waals surface area contributed by atoms with Gasteiger partial charge in [-0.25, -0.2) is 19.3 Å². The lowest BCUT2D eigenvalue weighted by atomic mass is 10.1. The molecule has 0 fully saturated rings. The largest absolute Gasteiger partial charge is 0.381 e. The molecule has 6 nitrogen and oxygen atoms in total. The van der Waals surface area contributed by atoms with Crippen molar-refractivity contribution in [2.75, 3.05) is 11.9 Å². The van der Waals surface area contributed by atoms with Crippen LogP contribution in [-0.4, -0.2) is 33.4 Å². The van der Waals surface area contributed by atoms with Gasteiger partial charge in [-0.1, -0.05) is 6.58 Å². The highest BCUT2D eigenvalue weighted by molar-refractivity contribution is 7.21. The number of allylic oxidation sites excluding steroid dienone is 1. The molecule has 5 rings (SSSR count). The molecule has 1 amide bonds. The molecule has 3 aromatic heterocycles. The second kappa shape index (κ2) is 6.84. The summed E-state index contributed by atoms with van der Waals surface area (Å²) >= 11 is 1.45. The second-order valence-corrected chi connectivity index (χ2v) is 8.49. The normalized spacial score (nSPS) is 16.1. The van der Waals surface area contributed by atoms with Crippen LogP contribution in [0.1, 0.15) is 29.3 Å². The number of anilines is 1. The zero-order valence-electron chi connectivity index (χ0n) is 16.4. The van der Waals surface area contributed by atoms with Crippen molar-refractivity contribution in [3.05, 3.63) is 53.6 Å². The van der Waals surface area contributed by atoms with E-state index in [2.05, 4.69) is 32.2 Å². The van der Waals surface area contributed by atoms with Crippen molar-refractivity contribution in [1.29, 1.82) is 0 Å². The van der Waals surface area contributed by atoms with Crippen molar-refractivity contribution in [1.82, 2.24) is 20.3 Å². The van der Waals surface area contributed by atoms with E-state index in [1.165, 1.54) is 11.3 Å². The van der Waals surface area contributed by atoms with Gasteiger partial charge in [-0.05, 0) is 43.7 Å². The van der Waals surface area contributed by atoms with Gasteiger partial charge in [-0.15, -0.1) is 11.3 Å². The van der Waals surface area contributed by atoms with Crippen LogP contribution in [0.4, 0.5) is 10.1 Å². The number of carbonyl (C=O) groups excluding carboxylic acids is 1. The smallest absolute Gasteiger partial charge is 0.263 e. The summed E-state index contributed by atoms with van der Waals surface area (Å²) in [4.78, 5) is 26.2. The molecule has 1 atom stereocenters. The van der Waals surface area contributed by atoms with Crippen LogP contribution in [0.25, 0.3) is 38.0 Å². The summed E-state index contributed by atoms with van der Waals surface area (Å²) in [5, 5.41) is 8.25. The molecule has 0 radical (unpaired) electrons. The van der Waals surface area contributed by atoms with E-state index in [1.54, 1.807) is 13.0 Å². The molecule has 4 heterocycles. The van der Waals surface area contributed by atoms with Crippen LogP contribution in [-0.2, 0) is 0 Å². The number of pyridine rings is 1. The molecule has 0 aliphatic carbocycles. The number of nitrogens with zero attached hydrogens (tertiary/aromatic N) is 3. The van der Waals surface area contributed by atoms with E-state index in [4.69, 9.17) is 0 Å². The van der Waals surface area contributed by atoms with E-state index in [1.807, 2.05) is 25.1 Å². The van der Waals surface area contributed by atoms with Gasteiger partial charge in [0, 0.05) is 28.1 Å². The lowest BCUT2D eigenvalue weighted by molar-refractivity contribution is 0.0949. The average Bonchev–Trinajstić information content (AvgIpc) is 3.04. The third-order valence-corrected chi connectivity index (χ3v) is 6.21. The number of benzene rings is 1. The fourth-order valence-electron chi connectivity index (χ4n) is 3.61. The van der Waals surface area contributed by atoms with E-state index in [0.29, 0.717) is 34.0 Å². The summed E-state index contributed by atoms with van der Waals surface area (Å²) in [5.41, 5.74) is 2.74. The molecular weight excluding hydrogens is 401 g/mol. The van der Waals surface area contributed by atoms with Gasteiger partial charge in [-0.2, -0.15) is 0 Å². The van der Waals surface area contributed by atoms with Gasteiger partial charge in [0.05, 0.1) is 23.1 Å². The van der Waals surface area contributed by atoms with Crippen molar-refractivity contribution in [3.63, 3.8) is 0 Å². The molecule has 8 heteroatoms. The lowest BCUT2D eigenvalue weighted by Gasteiger charge is -2.10. The number of hydrogen-bond donors (Lipinski definition) is 2. The molecule has 0 saturated carbocycles. The van der Waals surface area contributed by atoms with Gasteiger partial charge in [0.25, 0.3) is 5.91 Å². The van der Waals surface area contributed by atoms with Gasteiger partial charge in [0.1, 0.15) is 10.6 Å². The first kappa shape index (κ1) is 18.6. The molecule has 30 heavy (non-hydrogen) atoms. The van der Waals surface area contributed by atoms with Crippen LogP contribution in [0.5, 0.6) is 0 Å². The Hall–Kier alpha value is -3.39. The van der Waals surface area contributed by atoms with Crippen LogP contribution < -0.4 is 10.6 Å². The SMILES string of the molecule is C=C(C)c1ncc(F)c(-c2ccc3c(ccc4sc5c(c43)NC[C@@H](C)NC5=O)n2)n1. The summed E-state index contributed by atoms with van der Waals surface area (Å²) in [5.74, 6) is -0.224. The van der Waals surface area contributed by atoms with Gasteiger partial charge >= 0.3 is 0 Å². The Morgan fingerprint density at radius 3 is 2.90 bits per heavy atom. The summed E-state index contributed by atoms with van der Waals surface area (Å²) < 4.78 is 15.4. The minimum Gasteiger partial charge on any atom is -0.381 e. The highest BCUT2D eigenvalue weighted by Gasteiger charge is 2.25. The molecule has 1 aromatic carbocycles. The minimum atomic E-state index is -0.537. The number of hydrogen-bond acceptors (Lipinski definition) is 6. The number of nitrogens with one attached hydrogen (secondary N) is 2. The quantitative estimate of drug-likeness (QED) is 0.496. The standard InChI is InChI=1S/C22H18FN5OS/c1-10(2)21-25-9-13(23)18(28-21)15-5-4-12-14(27-15)6-7-16-17(12)19-20(30-16)22(29)26-11(3)8-24-19/h4-7,9,11,24H,1,8H2,2-3H3,(H,26,29)/t11-/m1/s1. The Labute approximate surface area is 175 Å². The maximum absolute atomic E-state index is 14.4. The fraction of sp³-hybridized carbons (Fsp3) is 0.182. The third-order valence-electron chi connectivity index (χ3n) is 5.06. The van der Waals surface area contributed by atoms with Crippen LogP contribution in [0.15, 0.2) is 37.0 Å². The van der Waals surface area contributed by atoms with Crippen molar-refractivity contribution in [2.45, 2.75) is 19.9 Å². The van der Waals surface area contributed by atoms with Crippen LogP contribution >= 0.6 is 11.3 Å². The zero-order chi connectivity index (χ0) is 21.0. The predicted octanol–water partition coefficient (Wildman–Crippen LogP) is 4.62. The first-order valence-electron chi connectivity index (χ1n) is 9.52. The van der Waals surface area contributed by atoms with E-state index < -0.39 is 5.82 Å². The van der Waals surface area contributed by atoms with Crippen molar-refractivity contribution >= 4 is 49.5 Å². The molecule has 0 saturated heterocycles. The zero-order valence-corrected chi connectivity index (χ0v) is 17.2. The van der Waals surface area contributed by atoms with Crippen LogP contribution in [0.2, 0.25) is 0 Å². The number of aromatic nitrogens is 3. The Kier molecular flexibility index (Phi) is 4.25.